The van der Waals surface area contributed by atoms with Gasteiger partial charge in [0.25, 0.3) is 0 Å². The van der Waals surface area contributed by atoms with Gasteiger partial charge >= 0.3 is 15.1 Å². The lowest BCUT2D eigenvalue weighted by molar-refractivity contribution is -0.137. The van der Waals surface area contributed by atoms with E-state index in [4.69, 9.17) is 4.57 Å². The molecule has 0 spiro atoms. The van der Waals surface area contributed by atoms with Gasteiger partial charge in [0.15, 0.2) is 0 Å². The molecule has 1 atom stereocenters. The van der Waals surface area contributed by atoms with Crippen molar-refractivity contribution in [1.29, 1.82) is 0 Å². The molecule has 0 N–H and O–H groups in total. The fraction of sp³-hybridized carbons (Fsp3) is 0.667. The molecule has 0 aliphatic rings. The third kappa shape index (κ3) is 28.8. The highest BCUT2D eigenvalue weighted by Gasteiger charge is 1.75. The molecule has 0 heterocycles. The Morgan fingerprint density at radius 3 is 1.71 bits per heavy atom. The van der Waals surface area contributed by atoms with Crippen LogP contribution in [0.15, 0.2) is 0 Å². The maximum Gasteiger partial charge on any atom is 0.310 e. The molecule has 4 heteroatoms. The molecule has 0 saturated heterocycles. The van der Waals surface area contributed by atoms with Crippen LogP contribution in [0.5, 0.6) is 0 Å². The van der Waals surface area contributed by atoms with Crippen LogP contribution in [0.4, 0.5) is 0 Å². The molecule has 0 aromatic rings. The first-order chi connectivity index (χ1) is 3.27. The highest BCUT2D eigenvalue weighted by atomic mass is 31.0. The number of methoxy groups -OCH3 is 1. The molecule has 0 fully saturated rings. The molecule has 0 aliphatic carbocycles. The second-order valence-electron chi connectivity index (χ2n) is 0.696. The van der Waals surface area contributed by atoms with Gasteiger partial charge in [0.2, 0.25) is 0 Å². The van der Waals surface area contributed by atoms with E-state index in [-0.39, 0.29) is 5.97 Å². The molecule has 1 unspecified atom stereocenters. The van der Waals surface area contributed by atoms with Gasteiger partial charge in [-0.3, -0.25) is 4.79 Å². The summed E-state index contributed by atoms with van der Waals surface area (Å²) in [4.78, 5) is 9.59. The van der Waals surface area contributed by atoms with Crippen molar-refractivity contribution < 1.29 is 14.1 Å². The number of esters is 1. The van der Waals surface area contributed by atoms with Crippen LogP contribution < -0.4 is 0 Å². The largest absolute Gasteiger partial charge is 0.469 e. The fourth-order valence-corrected chi connectivity index (χ4v) is 0. The Morgan fingerprint density at radius 2 is 1.71 bits per heavy atom. The van der Waals surface area contributed by atoms with Gasteiger partial charge < -0.3 is 4.74 Å². The Balaban J connectivity index is 0. The van der Waals surface area contributed by atoms with Crippen LogP contribution in [-0.2, 0) is 14.1 Å². The van der Waals surface area contributed by atoms with Crippen molar-refractivity contribution in [2.24, 2.45) is 0 Å². The minimum absolute atomic E-state index is 0.245. The molecule has 0 saturated carbocycles. The first-order valence-electron chi connectivity index (χ1n) is 1.55. The Morgan fingerprint density at radius 1 is 1.57 bits per heavy atom. The third-order valence-electron chi connectivity index (χ3n) is 0.287. The van der Waals surface area contributed by atoms with E-state index in [0.717, 1.165) is 0 Å². The van der Waals surface area contributed by atoms with E-state index >= 15 is 0 Å². The number of hydrogen-bond donors (Lipinski definition) is 0. The summed E-state index contributed by atoms with van der Waals surface area (Å²) in [5.41, 5.74) is 0. The normalized spacial score (nSPS) is 5.43. The van der Waals surface area contributed by atoms with Crippen LogP contribution in [0, 0.1) is 0 Å². The van der Waals surface area contributed by atoms with Crippen LogP contribution in [0.25, 0.3) is 0 Å². The molecule has 42 valence electrons. The highest BCUT2D eigenvalue weighted by molar-refractivity contribution is 7.00. The summed E-state index contributed by atoms with van der Waals surface area (Å²) in [6.07, 6.45) is 0. The zero-order chi connectivity index (χ0) is 6.28. The second-order valence-corrected chi connectivity index (χ2v) is 0.696. The van der Waals surface area contributed by atoms with Gasteiger partial charge in [-0.15, -0.1) is 0 Å². The monoisotopic (exact) mass is 123 g/mol. The van der Waals surface area contributed by atoms with Crippen molar-refractivity contribution in [2.75, 3.05) is 7.11 Å². The van der Waals surface area contributed by atoms with Crippen LogP contribution in [0.2, 0.25) is 0 Å². The van der Waals surface area contributed by atoms with Crippen molar-refractivity contribution in [3.05, 3.63) is 0 Å². The minimum atomic E-state index is -0.245. The molecule has 0 aromatic heterocycles. The first kappa shape index (κ1) is 9.76. The van der Waals surface area contributed by atoms with Gasteiger partial charge in [-0.25, -0.2) is 0 Å². The van der Waals surface area contributed by atoms with E-state index < -0.39 is 0 Å². The zero-order valence-electron chi connectivity index (χ0n) is 4.30. The Bertz CT molecular complexity index is 54.1. The number of carbonyl (C=O) groups is 1. The molecular weight excluding hydrogens is 115 g/mol. The number of rotatable bonds is 0. The molecule has 0 bridgehead atoms. The zero-order valence-corrected chi connectivity index (χ0v) is 5.46. The molecular formula is C3H8O3P+. The predicted octanol–water partition coefficient (Wildman–Crippen LogP) is 0.386. The Kier molecular flexibility index (Phi) is 12.7. The molecule has 0 amide bonds. The molecule has 3 nitrogen and oxygen atoms in total. The summed E-state index contributed by atoms with van der Waals surface area (Å²) in [6.45, 7) is 1.36. The van der Waals surface area contributed by atoms with Crippen molar-refractivity contribution in [1.82, 2.24) is 0 Å². The lowest BCUT2D eigenvalue weighted by atomic mass is 10.8. The van der Waals surface area contributed by atoms with Gasteiger partial charge in [-0.05, 0) is 0 Å². The predicted molar refractivity (Wildman–Crippen MR) is 28.1 cm³/mol. The number of ether oxygens (including phenoxy) is 1. The number of hydrogen-bond acceptors (Lipinski definition) is 3. The fourth-order valence-electron chi connectivity index (χ4n) is 0. The van der Waals surface area contributed by atoms with Crippen molar-refractivity contribution in [3.8, 4) is 0 Å². The average molecular weight is 123 g/mol. The Hall–Kier alpha value is -0.430. The van der Waals surface area contributed by atoms with E-state index in [2.05, 4.69) is 4.74 Å². The lowest BCUT2D eigenvalue weighted by Gasteiger charge is -1.80. The average Bonchev–Trinajstić information content (AvgIpc) is 1.73. The summed E-state index contributed by atoms with van der Waals surface area (Å²) in [7, 11) is 2.52. The molecule has 7 heavy (non-hydrogen) atoms. The van der Waals surface area contributed by atoms with Crippen LogP contribution in [0.3, 0.4) is 0 Å². The maximum absolute atomic E-state index is 9.59. The smallest absolute Gasteiger partial charge is 0.310 e. The minimum Gasteiger partial charge on any atom is -0.469 e. The second kappa shape index (κ2) is 9.13. The topological polar surface area (TPSA) is 43.4 Å². The summed E-state index contributed by atoms with van der Waals surface area (Å²) in [5.74, 6) is -0.245. The van der Waals surface area contributed by atoms with Crippen LogP contribution >= 0.6 is 9.12 Å². The van der Waals surface area contributed by atoms with E-state index in [9.17, 15) is 4.79 Å². The molecule has 0 rings (SSSR count). The van der Waals surface area contributed by atoms with Gasteiger partial charge in [0.1, 0.15) is 0 Å². The molecule has 0 aliphatic heterocycles. The van der Waals surface area contributed by atoms with Crippen molar-refractivity contribution >= 4 is 15.1 Å². The van der Waals surface area contributed by atoms with Gasteiger partial charge in [0, 0.05) is 6.92 Å². The quantitative estimate of drug-likeness (QED) is 0.345. The van der Waals surface area contributed by atoms with Crippen molar-refractivity contribution in [3.63, 3.8) is 0 Å². The lowest BCUT2D eigenvalue weighted by Crippen LogP contribution is -1.88. The summed E-state index contributed by atoms with van der Waals surface area (Å²) >= 11 is 0. The maximum atomic E-state index is 9.59. The summed E-state index contributed by atoms with van der Waals surface area (Å²) in [5, 5.41) is 0. The third-order valence-corrected chi connectivity index (χ3v) is 0.287. The molecule has 0 radical (unpaired) electrons. The van der Waals surface area contributed by atoms with Crippen LogP contribution in [0.1, 0.15) is 6.92 Å². The first-order valence-corrected chi connectivity index (χ1v) is 2.02. The molecule has 0 aromatic carbocycles. The van der Waals surface area contributed by atoms with E-state index in [1.54, 1.807) is 0 Å². The summed E-state index contributed by atoms with van der Waals surface area (Å²) in [6, 6.07) is 0. The summed E-state index contributed by atoms with van der Waals surface area (Å²) < 4.78 is 12.3. The van der Waals surface area contributed by atoms with E-state index in [1.807, 2.05) is 0 Å². The van der Waals surface area contributed by atoms with Gasteiger partial charge in [-0.1, -0.05) is 4.57 Å². The standard InChI is InChI=1S/C3H6O2.H2OP/c1-3(4)5-2;1-2/h1-2H3;2H2/q;+1. The Labute approximate surface area is 44.3 Å². The highest BCUT2D eigenvalue weighted by Crippen LogP contribution is 1.60. The number of carbonyl (C=O) groups excluding carboxylic acids is 1. The van der Waals surface area contributed by atoms with E-state index in [1.165, 1.54) is 23.2 Å². The van der Waals surface area contributed by atoms with Crippen molar-refractivity contribution in [2.45, 2.75) is 6.92 Å². The van der Waals surface area contributed by atoms with Gasteiger partial charge in [-0.2, -0.15) is 0 Å². The van der Waals surface area contributed by atoms with Gasteiger partial charge in [0.05, 0.1) is 7.11 Å². The SMILES string of the molecule is COC(C)=O.O=[PH2+]. The van der Waals surface area contributed by atoms with Crippen LogP contribution in [-0.4, -0.2) is 13.1 Å². The van der Waals surface area contributed by atoms with E-state index in [0.29, 0.717) is 0 Å².